The van der Waals surface area contributed by atoms with Gasteiger partial charge in [-0.15, -0.1) is 10.2 Å². The number of anilines is 1. The molecule has 0 fully saturated rings. The molecule has 1 aliphatic heterocycles. The van der Waals surface area contributed by atoms with Gasteiger partial charge in [-0.1, -0.05) is 73.6 Å². The van der Waals surface area contributed by atoms with Crippen LogP contribution in [0.3, 0.4) is 0 Å². The number of hydrogen-bond donors (Lipinski definition) is 1. The van der Waals surface area contributed by atoms with Crippen molar-refractivity contribution in [2.24, 2.45) is 0 Å². The van der Waals surface area contributed by atoms with Crippen molar-refractivity contribution in [3.05, 3.63) is 82.1 Å². The van der Waals surface area contributed by atoms with Crippen LogP contribution in [0.1, 0.15) is 48.4 Å². The SMILES string of the molecule is CCCCCOc1ccc(C2C(C(=O)C=Cc3ccccc3)=C(O)C(=O)N2c2nnc(C)s2)cc1OC. The molecule has 1 unspecified atom stereocenters. The van der Waals surface area contributed by atoms with Gasteiger partial charge in [0.05, 0.1) is 25.3 Å². The van der Waals surface area contributed by atoms with Crippen LogP contribution in [-0.4, -0.2) is 40.7 Å². The summed E-state index contributed by atoms with van der Waals surface area (Å²) in [5.41, 5.74) is 1.35. The van der Waals surface area contributed by atoms with Crippen LogP contribution in [0.5, 0.6) is 11.5 Å². The van der Waals surface area contributed by atoms with Gasteiger partial charge in [-0.05, 0) is 42.7 Å². The van der Waals surface area contributed by atoms with E-state index in [4.69, 9.17) is 9.47 Å². The number of rotatable bonds is 11. The maximum Gasteiger partial charge on any atom is 0.296 e. The van der Waals surface area contributed by atoms with E-state index >= 15 is 0 Å². The van der Waals surface area contributed by atoms with Crippen molar-refractivity contribution in [1.82, 2.24) is 10.2 Å². The number of ketones is 1. The van der Waals surface area contributed by atoms with Crippen LogP contribution < -0.4 is 14.4 Å². The fourth-order valence-corrected chi connectivity index (χ4v) is 4.80. The molecular weight excluding hydrogens is 490 g/mol. The van der Waals surface area contributed by atoms with E-state index < -0.39 is 23.5 Å². The Morgan fingerprint density at radius 3 is 2.59 bits per heavy atom. The highest BCUT2D eigenvalue weighted by Gasteiger charge is 2.45. The second-order valence-electron chi connectivity index (χ2n) is 8.52. The number of nitrogens with zero attached hydrogens (tertiary/aromatic N) is 3. The minimum atomic E-state index is -0.921. The number of unbranched alkanes of at least 4 members (excludes halogenated alkanes) is 2. The number of carbonyl (C=O) groups excluding carboxylic acids is 2. The lowest BCUT2D eigenvalue weighted by molar-refractivity contribution is -0.117. The lowest BCUT2D eigenvalue weighted by Crippen LogP contribution is -2.30. The van der Waals surface area contributed by atoms with E-state index in [2.05, 4.69) is 17.1 Å². The summed E-state index contributed by atoms with van der Waals surface area (Å²) in [5.74, 6) is -0.777. The molecule has 37 heavy (non-hydrogen) atoms. The van der Waals surface area contributed by atoms with E-state index in [1.165, 1.54) is 29.4 Å². The summed E-state index contributed by atoms with van der Waals surface area (Å²) in [6, 6.07) is 13.6. The van der Waals surface area contributed by atoms with Crippen molar-refractivity contribution in [3.8, 4) is 11.5 Å². The molecule has 4 rings (SSSR count). The minimum absolute atomic E-state index is 0.0382. The van der Waals surface area contributed by atoms with E-state index in [-0.39, 0.29) is 10.7 Å². The zero-order valence-corrected chi connectivity index (χ0v) is 21.8. The Morgan fingerprint density at radius 1 is 1.14 bits per heavy atom. The van der Waals surface area contributed by atoms with Crippen LogP contribution in [0.4, 0.5) is 5.13 Å². The molecule has 2 heterocycles. The average Bonchev–Trinajstić information content (AvgIpc) is 3.45. The van der Waals surface area contributed by atoms with Crippen LogP contribution in [0.15, 0.2) is 65.9 Å². The predicted octanol–water partition coefficient (Wildman–Crippen LogP) is 5.61. The van der Waals surface area contributed by atoms with Crippen molar-refractivity contribution < 1.29 is 24.2 Å². The summed E-state index contributed by atoms with van der Waals surface area (Å²) in [6.07, 6.45) is 6.08. The number of aliphatic hydroxyl groups excluding tert-OH is 1. The Bertz CT molecular complexity index is 1330. The molecule has 9 heteroatoms. The number of aromatic nitrogens is 2. The van der Waals surface area contributed by atoms with Crippen LogP contribution in [-0.2, 0) is 9.59 Å². The Labute approximate surface area is 219 Å². The van der Waals surface area contributed by atoms with E-state index in [0.29, 0.717) is 28.7 Å². The van der Waals surface area contributed by atoms with Crippen LogP contribution in [0.25, 0.3) is 6.08 Å². The highest BCUT2D eigenvalue weighted by atomic mass is 32.1. The molecule has 1 N–H and O–H groups in total. The summed E-state index contributed by atoms with van der Waals surface area (Å²) in [4.78, 5) is 27.9. The number of ether oxygens (including phenoxy) is 2. The van der Waals surface area contributed by atoms with Gasteiger partial charge in [-0.25, -0.2) is 0 Å². The van der Waals surface area contributed by atoms with Crippen molar-refractivity contribution >= 4 is 34.2 Å². The van der Waals surface area contributed by atoms with Crippen molar-refractivity contribution in [2.45, 2.75) is 39.2 Å². The third kappa shape index (κ3) is 5.72. The van der Waals surface area contributed by atoms with Gasteiger partial charge in [0, 0.05) is 0 Å². The Kier molecular flexibility index (Phi) is 8.35. The average molecular weight is 520 g/mol. The number of aryl methyl sites for hydroxylation is 1. The van der Waals surface area contributed by atoms with Gasteiger partial charge in [0.1, 0.15) is 5.01 Å². The third-order valence-corrected chi connectivity index (χ3v) is 6.77. The highest BCUT2D eigenvalue weighted by molar-refractivity contribution is 7.15. The van der Waals surface area contributed by atoms with Crippen LogP contribution in [0.2, 0.25) is 0 Å². The number of hydrogen-bond acceptors (Lipinski definition) is 8. The lowest BCUT2D eigenvalue weighted by atomic mass is 9.95. The molecule has 0 saturated heterocycles. The fraction of sp³-hybridized carbons (Fsp3) is 0.286. The minimum Gasteiger partial charge on any atom is -0.503 e. The molecule has 3 aromatic rings. The second kappa shape index (κ2) is 11.8. The lowest BCUT2D eigenvalue weighted by Gasteiger charge is -2.24. The number of benzene rings is 2. The smallest absolute Gasteiger partial charge is 0.296 e. The first-order valence-corrected chi connectivity index (χ1v) is 12.9. The summed E-state index contributed by atoms with van der Waals surface area (Å²) >= 11 is 1.20. The fourth-order valence-electron chi connectivity index (χ4n) is 4.09. The molecule has 0 aliphatic carbocycles. The number of methoxy groups -OCH3 is 1. The molecule has 8 nitrogen and oxygen atoms in total. The maximum atomic E-state index is 13.4. The monoisotopic (exact) mass is 519 g/mol. The van der Waals surface area contributed by atoms with Crippen molar-refractivity contribution in [2.75, 3.05) is 18.6 Å². The van der Waals surface area contributed by atoms with Gasteiger partial charge in [0.25, 0.3) is 5.91 Å². The second-order valence-corrected chi connectivity index (χ2v) is 9.68. The first-order valence-electron chi connectivity index (χ1n) is 12.1. The Morgan fingerprint density at radius 2 is 1.92 bits per heavy atom. The van der Waals surface area contributed by atoms with Gasteiger partial charge in [-0.3, -0.25) is 14.5 Å². The molecule has 1 aromatic heterocycles. The molecule has 2 aromatic carbocycles. The normalized spacial score (nSPS) is 15.6. The molecule has 1 amide bonds. The van der Waals surface area contributed by atoms with Gasteiger partial charge in [-0.2, -0.15) is 0 Å². The van der Waals surface area contributed by atoms with Crippen molar-refractivity contribution in [3.63, 3.8) is 0 Å². The molecule has 1 atom stereocenters. The molecule has 0 spiro atoms. The van der Waals surface area contributed by atoms with Gasteiger partial charge in [0.2, 0.25) is 5.13 Å². The molecule has 1 aliphatic rings. The zero-order chi connectivity index (χ0) is 26.4. The van der Waals surface area contributed by atoms with Crippen LogP contribution >= 0.6 is 11.3 Å². The summed E-state index contributed by atoms with van der Waals surface area (Å²) in [5, 5.41) is 19.9. The zero-order valence-electron chi connectivity index (χ0n) is 21.0. The maximum absolute atomic E-state index is 13.4. The molecular formula is C28H29N3O5S. The molecule has 0 saturated carbocycles. The largest absolute Gasteiger partial charge is 0.503 e. The Hall–Kier alpha value is -3.98. The van der Waals surface area contributed by atoms with Gasteiger partial charge in [0.15, 0.2) is 23.0 Å². The molecule has 192 valence electrons. The van der Waals surface area contributed by atoms with E-state index in [0.717, 1.165) is 24.8 Å². The van der Waals surface area contributed by atoms with E-state index in [1.807, 2.05) is 30.3 Å². The predicted molar refractivity (Wildman–Crippen MR) is 143 cm³/mol. The third-order valence-electron chi connectivity index (χ3n) is 5.93. The first-order chi connectivity index (χ1) is 17.9. The summed E-state index contributed by atoms with van der Waals surface area (Å²) in [7, 11) is 1.53. The highest BCUT2D eigenvalue weighted by Crippen LogP contribution is 2.44. The van der Waals surface area contributed by atoms with Crippen LogP contribution in [0, 0.1) is 6.92 Å². The Balaban J connectivity index is 1.73. The topological polar surface area (TPSA) is 102 Å². The van der Waals surface area contributed by atoms with E-state index in [1.54, 1.807) is 31.2 Å². The van der Waals surface area contributed by atoms with Gasteiger partial charge >= 0.3 is 0 Å². The number of carbonyl (C=O) groups is 2. The molecule has 0 radical (unpaired) electrons. The number of allylic oxidation sites excluding steroid dienone is 1. The summed E-state index contributed by atoms with van der Waals surface area (Å²) in [6.45, 7) is 4.45. The quantitative estimate of drug-likeness (QED) is 0.260. The number of aliphatic hydroxyl groups is 1. The first kappa shape index (κ1) is 26.1. The van der Waals surface area contributed by atoms with Crippen molar-refractivity contribution in [1.29, 1.82) is 0 Å². The number of amides is 1. The van der Waals surface area contributed by atoms with E-state index in [9.17, 15) is 14.7 Å². The van der Waals surface area contributed by atoms with Gasteiger partial charge < -0.3 is 14.6 Å². The standard InChI is InChI=1S/C28H29N3O5S/c1-4-5-9-16-36-22-15-13-20(17-23(22)35-3)25-24(21(32)14-12-19-10-7-6-8-11-19)26(33)27(34)31(25)28-30-29-18(2)37-28/h6-8,10-15,17,25,33H,4-5,9,16H2,1-3H3. The molecule has 0 bridgehead atoms. The summed E-state index contributed by atoms with van der Waals surface area (Å²) < 4.78 is 11.5.